The Morgan fingerprint density at radius 2 is 1.85 bits per heavy atom. The summed E-state index contributed by atoms with van der Waals surface area (Å²) in [6.07, 6.45) is 0. The van der Waals surface area contributed by atoms with Crippen molar-refractivity contribution in [3.63, 3.8) is 0 Å². The topological polar surface area (TPSA) is 25.2 Å². The summed E-state index contributed by atoms with van der Waals surface area (Å²) in [6.45, 7) is 1.28. The van der Waals surface area contributed by atoms with Crippen LogP contribution < -0.4 is 5.32 Å². The van der Waals surface area contributed by atoms with E-state index in [0.717, 1.165) is 15.8 Å². The first-order valence-electron chi connectivity index (χ1n) is 6.06. The normalized spacial score (nSPS) is 11.2. The van der Waals surface area contributed by atoms with Crippen LogP contribution in [0.5, 0.6) is 0 Å². The monoisotopic (exact) mass is 361 g/mol. The maximum Gasteiger partial charge on any atom is 0.284 e. The zero-order valence-corrected chi connectivity index (χ0v) is 13.0. The van der Waals surface area contributed by atoms with Crippen molar-refractivity contribution >= 4 is 27.7 Å². The van der Waals surface area contributed by atoms with Gasteiger partial charge < -0.3 is 9.73 Å². The molecule has 1 aromatic carbocycles. The zero-order chi connectivity index (χ0) is 14.4. The summed E-state index contributed by atoms with van der Waals surface area (Å²) in [7, 11) is 0. The Morgan fingerprint density at radius 3 is 2.60 bits per heavy atom. The highest BCUT2D eigenvalue weighted by atomic mass is 79.9. The molecule has 0 aliphatic heterocycles. The molecule has 1 aromatic heterocycles. The molecule has 1 N–H and O–H groups in total. The molecule has 0 bridgehead atoms. The van der Waals surface area contributed by atoms with Crippen LogP contribution >= 0.6 is 27.7 Å². The third-order valence-corrected chi connectivity index (χ3v) is 4.12. The number of hydrogen-bond acceptors (Lipinski definition) is 3. The molecule has 0 amide bonds. The minimum Gasteiger partial charge on any atom is -0.464 e. The Kier molecular flexibility index (Phi) is 6.06. The fourth-order valence-electron chi connectivity index (χ4n) is 1.70. The summed E-state index contributed by atoms with van der Waals surface area (Å²) in [6, 6.07) is 11.5. The summed E-state index contributed by atoms with van der Waals surface area (Å²) >= 11 is 4.05. The molecule has 6 heteroatoms. The van der Waals surface area contributed by atoms with Crippen LogP contribution in [0.2, 0.25) is 0 Å². The van der Waals surface area contributed by atoms with Crippen LogP contribution in [-0.4, -0.2) is 5.76 Å². The third-order valence-electron chi connectivity index (χ3n) is 2.64. The molecular weight excluding hydrogens is 348 g/mol. The highest BCUT2D eigenvalue weighted by molar-refractivity contribution is 9.10. The van der Waals surface area contributed by atoms with E-state index in [9.17, 15) is 8.78 Å². The molecule has 0 fully saturated rings. The zero-order valence-electron chi connectivity index (χ0n) is 10.6. The molecule has 2 rings (SSSR count). The fourth-order valence-corrected chi connectivity index (χ4v) is 2.57. The van der Waals surface area contributed by atoms with Gasteiger partial charge in [0, 0.05) is 11.0 Å². The van der Waals surface area contributed by atoms with E-state index in [0.29, 0.717) is 30.6 Å². The maximum absolute atomic E-state index is 12.1. The van der Waals surface area contributed by atoms with Crippen LogP contribution in [0.25, 0.3) is 0 Å². The number of rotatable bonds is 7. The van der Waals surface area contributed by atoms with Crippen LogP contribution in [0.3, 0.4) is 0 Å². The van der Waals surface area contributed by atoms with Crippen molar-refractivity contribution in [2.75, 3.05) is 0 Å². The molecule has 0 atom stereocenters. The van der Waals surface area contributed by atoms with E-state index in [-0.39, 0.29) is 5.75 Å². The molecule has 0 radical (unpaired) electrons. The van der Waals surface area contributed by atoms with Gasteiger partial charge in [0.05, 0.1) is 12.3 Å². The van der Waals surface area contributed by atoms with Crippen molar-refractivity contribution < 1.29 is 13.2 Å². The van der Waals surface area contributed by atoms with Gasteiger partial charge in [-0.1, -0.05) is 45.9 Å². The van der Waals surface area contributed by atoms with Crippen LogP contribution in [-0.2, 0) is 18.8 Å². The van der Waals surface area contributed by atoms with Crippen LogP contribution in [0.15, 0.2) is 45.3 Å². The maximum atomic E-state index is 12.1. The number of alkyl halides is 2. The Morgan fingerprint density at radius 1 is 1.10 bits per heavy atom. The van der Waals surface area contributed by atoms with Gasteiger partial charge in [-0.25, -0.2) is 0 Å². The molecule has 108 valence electrons. The van der Waals surface area contributed by atoms with Gasteiger partial charge >= 0.3 is 0 Å². The summed E-state index contributed by atoms with van der Waals surface area (Å²) < 4.78 is 30.7. The van der Waals surface area contributed by atoms with Crippen LogP contribution in [0, 0.1) is 0 Å². The largest absolute Gasteiger partial charge is 0.464 e. The fraction of sp³-hybridized carbons (Fsp3) is 0.286. The quantitative estimate of drug-likeness (QED) is 0.767. The highest BCUT2D eigenvalue weighted by Crippen LogP contribution is 2.21. The Balaban J connectivity index is 1.78. The first-order valence-corrected chi connectivity index (χ1v) is 7.91. The van der Waals surface area contributed by atoms with Gasteiger partial charge in [-0.15, -0.1) is 0 Å². The average molecular weight is 362 g/mol. The van der Waals surface area contributed by atoms with Crippen molar-refractivity contribution in [3.05, 3.63) is 58.0 Å². The molecule has 0 aliphatic carbocycles. The smallest absolute Gasteiger partial charge is 0.284 e. The van der Waals surface area contributed by atoms with Gasteiger partial charge in [-0.05, 0) is 23.8 Å². The van der Waals surface area contributed by atoms with E-state index >= 15 is 0 Å². The molecule has 20 heavy (non-hydrogen) atoms. The third kappa shape index (κ3) is 4.92. The molecule has 0 aliphatic rings. The summed E-state index contributed by atoms with van der Waals surface area (Å²) in [4.78, 5) is 0. The van der Waals surface area contributed by atoms with Crippen molar-refractivity contribution in [1.82, 2.24) is 5.32 Å². The first-order chi connectivity index (χ1) is 9.65. The predicted molar refractivity (Wildman–Crippen MR) is 80.7 cm³/mol. The molecule has 1 heterocycles. The van der Waals surface area contributed by atoms with Crippen molar-refractivity contribution in [1.29, 1.82) is 0 Å². The van der Waals surface area contributed by atoms with Gasteiger partial charge in [0.1, 0.15) is 11.5 Å². The standard InChI is InChI=1S/C14H14BrF2NOS/c15-13-4-2-1-3-10(13)7-18-8-11-5-6-12(19-11)9-20-14(16)17/h1-6,14,18H,7-9H2. The molecular formula is C14H14BrF2NOS. The number of nitrogens with one attached hydrogen (secondary N) is 1. The van der Waals surface area contributed by atoms with Crippen LogP contribution in [0.4, 0.5) is 8.78 Å². The van der Waals surface area contributed by atoms with E-state index in [1.807, 2.05) is 30.3 Å². The van der Waals surface area contributed by atoms with Crippen LogP contribution in [0.1, 0.15) is 17.1 Å². The van der Waals surface area contributed by atoms with E-state index in [4.69, 9.17) is 4.42 Å². The molecule has 0 saturated heterocycles. The molecule has 0 saturated carbocycles. The Bertz CT molecular complexity index is 547. The number of thioether (sulfide) groups is 1. The number of benzene rings is 1. The minimum atomic E-state index is -2.36. The number of furan rings is 1. The Hall–Kier alpha value is -0.850. The van der Waals surface area contributed by atoms with Crippen molar-refractivity contribution in [2.24, 2.45) is 0 Å². The molecule has 2 aromatic rings. The van der Waals surface area contributed by atoms with Gasteiger partial charge in [0.2, 0.25) is 0 Å². The lowest BCUT2D eigenvalue weighted by Crippen LogP contribution is -2.12. The van der Waals surface area contributed by atoms with E-state index < -0.39 is 5.76 Å². The minimum absolute atomic E-state index is 0.196. The summed E-state index contributed by atoms with van der Waals surface area (Å²) in [5.41, 5.74) is 1.16. The second-order valence-electron chi connectivity index (χ2n) is 4.13. The lowest BCUT2D eigenvalue weighted by atomic mass is 10.2. The van der Waals surface area contributed by atoms with E-state index in [2.05, 4.69) is 21.2 Å². The number of hydrogen-bond donors (Lipinski definition) is 1. The number of halogens is 3. The molecule has 0 unspecified atom stereocenters. The second kappa shape index (κ2) is 7.81. The summed E-state index contributed by atoms with van der Waals surface area (Å²) in [5.74, 6) is -0.839. The van der Waals surface area contributed by atoms with Gasteiger partial charge in [0.25, 0.3) is 5.76 Å². The first kappa shape index (κ1) is 15.5. The predicted octanol–water partition coefficient (Wildman–Crippen LogP) is 4.79. The highest BCUT2D eigenvalue weighted by Gasteiger charge is 2.07. The molecule has 2 nitrogen and oxygen atoms in total. The average Bonchev–Trinajstić information content (AvgIpc) is 2.87. The Labute approximate surface area is 129 Å². The van der Waals surface area contributed by atoms with E-state index in [1.165, 1.54) is 0 Å². The van der Waals surface area contributed by atoms with Gasteiger partial charge in [-0.2, -0.15) is 8.78 Å². The second-order valence-corrected chi connectivity index (χ2v) is 5.97. The summed E-state index contributed by atoms with van der Waals surface area (Å²) in [5, 5.41) is 3.26. The van der Waals surface area contributed by atoms with Gasteiger partial charge in [0.15, 0.2) is 0 Å². The van der Waals surface area contributed by atoms with Gasteiger partial charge in [-0.3, -0.25) is 0 Å². The SMILES string of the molecule is FC(F)SCc1ccc(CNCc2ccccc2Br)o1. The van der Waals surface area contributed by atoms with Crippen molar-refractivity contribution in [2.45, 2.75) is 24.6 Å². The van der Waals surface area contributed by atoms with Crippen molar-refractivity contribution in [3.8, 4) is 0 Å². The van der Waals surface area contributed by atoms with E-state index in [1.54, 1.807) is 6.07 Å². The molecule has 0 spiro atoms. The lowest BCUT2D eigenvalue weighted by Gasteiger charge is -2.05. The lowest BCUT2D eigenvalue weighted by molar-refractivity contribution is 0.251.